The largest absolute Gasteiger partial charge is 0.450 e. The summed E-state index contributed by atoms with van der Waals surface area (Å²) in [6.45, 7) is 3.84. The highest BCUT2D eigenvalue weighted by Crippen LogP contribution is 2.55. The van der Waals surface area contributed by atoms with Gasteiger partial charge >= 0.3 is 6.09 Å². The van der Waals surface area contributed by atoms with E-state index in [4.69, 9.17) is 9.47 Å². The average Bonchev–Trinajstić information content (AvgIpc) is 3.03. The van der Waals surface area contributed by atoms with Crippen LogP contribution in [0.4, 0.5) is 4.79 Å². The first kappa shape index (κ1) is 13.9. The van der Waals surface area contributed by atoms with Gasteiger partial charge in [-0.1, -0.05) is 13.3 Å². The fourth-order valence-electron chi connectivity index (χ4n) is 2.67. The quantitative estimate of drug-likeness (QED) is 0.847. The van der Waals surface area contributed by atoms with E-state index in [1.165, 1.54) is 23.3 Å². The van der Waals surface area contributed by atoms with Crippen LogP contribution in [0.5, 0.6) is 0 Å². The van der Waals surface area contributed by atoms with Gasteiger partial charge in [-0.2, -0.15) is 0 Å². The maximum absolute atomic E-state index is 11.6. The van der Waals surface area contributed by atoms with Crippen molar-refractivity contribution in [2.24, 2.45) is 0 Å². The highest BCUT2D eigenvalue weighted by Gasteiger charge is 2.50. The third kappa shape index (κ3) is 2.69. The molecule has 1 N–H and O–H groups in total. The van der Waals surface area contributed by atoms with Gasteiger partial charge in [-0.05, 0) is 36.3 Å². The van der Waals surface area contributed by atoms with Crippen molar-refractivity contribution in [2.45, 2.75) is 44.1 Å². The van der Waals surface area contributed by atoms with Gasteiger partial charge in [0, 0.05) is 10.3 Å². The molecule has 5 heteroatoms. The first-order valence-electron chi connectivity index (χ1n) is 7.35. The molecule has 20 heavy (non-hydrogen) atoms. The summed E-state index contributed by atoms with van der Waals surface area (Å²) < 4.78 is 11.1. The topological polar surface area (TPSA) is 47.6 Å². The van der Waals surface area contributed by atoms with Crippen LogP contribution in [0, 0.1) is 0 Å². The monoisotopic (exact) mass is 295 g/mol. The zero-order valence-corrected chi connectivity index (χ0v) is 12.6. The molecule has 0 radical (unpaired) electrons. The van der Waals surface area contributed by atoms with E-state index in [1.54, 1.807) is 11.3 Å². The summed E-state index contributed by atoms with van der Waals surface area (Å²) in [5, 5.41) is 4.94. The Labute approximate surface area is 123 Å². The van der Waals surface area contributed by atoms with Crippen molar-refractivity contribution in [3.05, 3.63) is 21.9 Å². The van der Waals surface area contributed by atoms with Crippen molar-refractivity contribution in [3.63, 3.8) is 0 Å². The van der Waals surface area contributed by atoms with Crippen molar-refractivity contribution >= 4 is 17.4 Å². The smallest absolute Gasteiger partial charge is 0.407 e. The van der Waals surface area contributed by atoms with Gasteiger partial charge < -0.3 is 14.8 Å². The van der Waals surface area contributed by atoms with E-state index in [-0.39, 0.29) is 12.2 Å². The molecule has 0 bridgehead atoms. The summed E-state index contributed by atoms with van der Waals surface area (Å²) in [5.74, 6) is 0. The normalized spacial score (nSPS) is 22.4. The molecule has 110 valence electrons. The molecule has 1 aromatic heterocycles. The van der Waals surface area contributed by atoms with E-state index in [1.807, 2.05) is 0 Å². The number of nitrogens with one attached hydrogen (secondary N) is 1. The number of amides is 1. The zero-order valence-electron chi connectivity index (χ0n) is 11.8. The molecular weight excluding hydrogens is 274 g/mol. The minimum Gasteiger partial charge on any atom is -0.450 e. The van der Waals surface area contributed by atoms with Gasteiger partial charge in [-0.25, -0.2) is 4.79 Å². The minimum absolute atomic E-state index is 0.0186. The maximum Gasteiger partial charge on any atom is 0.407 e. The number of carbonyl (C=O) groups excluding carboxylic acids is 1. The highest BCUT2D eigenvalue weighted by atomic mass is 32.1. The summed E-state index contributed by atoms with van der Waals surface area (Å²) in [4.78, 5) is 12.8. The molecule has 1 amide bonds. The molecule has 2 heterocycles. The summed E-state index contributed by atoms with van der Waals surface area (Å²) in [7, 11) is 0. The molecule has 1 atom stereocenters. The first-order chi connectivity index (χ1) is 9.75. The summed E-state index contributed by atoms with van der Waals surface area (Å²) >= 11 is 1.73. The first-order valence-corrected chi connectivity index (χ1v) is 8.23. The minimum atomic E-state index is -0.341. The van der Waals surface area contributed by atoms with E-state index in [0.717, 1.165) is 19.4 Å². The Balaban J connectivity index is 1.53. The molecule has 3 rings (SSSR count). The van der Waals surface area contributed by atoms with Crippen LogP contribution < -0.4 is 5.32 Å². The lowest BCUT2D eigenvalue weighted by atomic mass is 9.93. The van der Waals surface area contributed by atoms with Crippen molar-refractivity contribution in [1.82, 2.24) is 5.32 Å². The van der Waals surface area contributed by atoms with Crippen molar-refractivity contribution in [3.8, 4) is 0 Å². The molecule has 2 aliphatic rings. The lowest BCUT2D eigenvalue weighted by molar-refractivity contribution is 0.0243. The third-order valence-electron chi connectivity index (χ3n) is 4.14. The molecule has 1 aliphatic heterocycles. The number of rotatable bonds is 5. The molecule has 0 aromatic carbocycles. The van der Waals surface area contributed by atoms with Crippen LogP contribution in [-0.4, -0.2) is 25.9 Å². The number of hydrogen-bond donors (Lipinski definition) is 1. The van der Waals surface area contributed by atoms with Crippen LogP contribution in [0.15, 0.2) is 11.4 Å². The van der Waals surface area contributed by atoms with Gasteiger partial charge in [-0.15, -0.1) is 11.3 Å². The second kappa shape index (κ2) is 5.74. The Morgan fingerprint density at radius 3 is 3.20 bits per heavy atom. The Kier molecular flexibility index (Phi) is 3.98. The van der Waals surface area contributed by atoms with Gasteiger partial charge in [0.2, 0.25) is 0 Å². The predicted molar refractivity (Wildman–Crippen MR) is 78.2 cm³/mol. The zero-order chi connectivity index (χ0) is 14.0. The SMILES string of the molecule is CCCCOC(=O)NCC1OCC2(CC2)c2ccsc21. The van der Waals surface area contributed by atoms with E-state index in [0.29, 0.717) is 18.6 Å². The molecule has 1 saturated carbocycles. The number of carbonyl (C=O) groups is 1. The van der Waals surface area contributed by atoms with Crippen molar-refractivity contribution in [1.29, 1.82) is 0 Å². The van der Waals surface area contributed by atoms with Crippen LogP contribution in [0.1, 0.15) is 49.2 Å². The molecular formula is C15H21NO3S. The maximum atomic E-state index is 11.6. The summed E-state index contributed by atoms with van der Waals surface area (Å²) in [6, 6.07) is 2.22. The predicted octanol–water partition coefficient (Wildman–Crippen LogP) is 3.38. The van der Waals surface area contributed by atoms with Gasteiger partial charge in [-0.3, -0.25) is 0 Å². The second-order valence-electron chi connectivity index (χ2n) is 5.65. The highest BCUT2D eigenvalue weighted by molar-refractivity contribution is 7.10. The number of unbranched alkanes of at least 4 members (excludes halogenated alkanes) is 1. The number of hydrogen-bond acceptors (Lipinski definition) is 4. The van der Waals surface area contributed by atoms with Gasteiger partial charge in [0.05, 0.1) is 19.8 Å². The number of ether oxygens (including phenoxy) is 2. The van der Waals surface area contributed by atoms with Crippen LogP contribution in [0.3, 0.4) is 0 Å². The van der Waals surface area contributed by atoms with E-state index in [2.05, 4.69) is 23.7 Å². The fraction of sp³-hybridized carbons (Fsp3) is 0.667. The van der Waals surface area contributed by atoms with Crippen molar-refractivity contribution in [2.75, 3.05) is 19.8 Å². The lowest BCUT2D eigenvalue weighted by Crippen LogP contribution is -2.34. The number of thiophene rings is 1. The summed E-state index contributed by atoms with van der Waals surface area (Å²) in [5.41, 5.74) is 1.74. The Hall–Kier alpha value is -1.07. The molecule has 0 saturated heterocycles. The van der Waals surface area contributed by atoms with Crippen LogP contribution >= 0.6 is 11.3 Å². The van der Waals surface area contributed by atoms with Gasteiger partial charge in [0.1, 0.15) is 6.10 Å². The average molecular weight is 295 g/mol. The molecule has 4 nitrogen and oxygen atoms in total. The van der Waals surface area contributed by atoms with E-state index < -0.39 is 0 Å². The summed E-state index contributed by atoms with van der Waals surface area (Å²) in [6.07, 6.45) is 4.04. The van der Waals surface area contributed by atoms with Crippen LogP contribution in [0.2, 0.25) is 0 Å². The van der Waals surface area contributed by atoms with Gasteiger partial charge in [0.25, 0.3) is 0 Å². The van der Waals surface area contributed by atoms with Gasteiger partial charge in [0.15, 0.2) is 0 Å². The Bertz CT molecular complexity index is 481. The van der Waals surface area contributed by atoms with E-state index >= 15 is 0 Å². The molecule has 1 spiro atoms. The van der Waals surface area contributed by atoms with Crippen LogP contribution in [0.25, 0.3) is 0 Å². The second-order valence-corrected chi connectivity index (χ2v) is 6.60. The number of fused-ring (bicyclic) bond motifs is 2. The third-order valence-corrected chi connectivity index (χ3v) is 5.15. The molecule has 1 aromatic rings. The standard InChI is InChI=1S/C15H21NO3S/c1-2-3-7-18-14(17)16-9-12-13-11(4-8-20-13)15(5-6-15)10-19-12/h4,8,12H,2-3,5-7,9-10H2,1H3,(H,16,17). The Morgan fingerprint density at radius 1 is 1.60 bits per heavy atom. The van der Waals surface area contributed by atoms with Crippen LogP contribution in [-0.2, 0) is 14.9 Å². The van der Waals surface area contributed by atoms with E-state index in [9.17, 15) is 4.79 Å². The number of alkyl carbamates (subject to hydrolysis) is 1. The molecule has 1 aliphatic carbocycles. The van der Waals surface area contributed by atoms with Crippen molar-refractivity contribution < 1.29 is 14.3 Å². The fourth-order valence-corrected chi connectivity index (χ4v) is 3.74. The lowest BCUT2D eigenvalue weighted by Gasteiger charge is -2.29. The Morgan fingerprint density at radius 2 is 2.45 bits per heavy atom. The molecule has 1 fully saturated rings. The molecule has 1 unspecified atom stereocenters.